The molecule has 8 heteroatoms. The molecule has 1 aliphatic heterocycles. The third-order valence-corrected chi connectivity index (χ3v) is 5.88. The van der Waals surface area contributed by atoms with E-state index >= 15 is 0 Å². The quantitative estimate of drug-likeness (QED) is 0.729. The number of sulfone groups is 1. The van der Waals surface area contributed by atoms with Gasteiger partial charge in [0.2, 0.25) is 0 Å². The normalized spacial score (nSPS) is 18.7. The van der Waals surface area contributed by atoms with Crippen LogP contribution in [0, 0.1) is 0 Å². The first kappa shape index (κ1) is 19.2. The maximum absolute atomic E-state index is 12.5. The molecule has 1 saturated heterocycles. The maximum Gasteiger partial charge on any atom is 0.338 e. The Labute approximate surface area is 147 Å². The fourth-order valence-corrected chi connectivity index (χ4v) is 4.52. The van der Waals surface area contributed by atoms with E-state index in [0.717, 1.165) is 12.8 Å². The molecule has 25 heavy (non-hydrogen) atoms. The molecule has 0 unspecified atom stereocenters. The van der Waals surface area contributed by atoms with Gasteiger partial charge in [-0.2, -0.15) is 0 Å². The van der Waals surface area contributed by atoms with Gasteiger partial charge >= 0.3 is 5.97 Å². The van der Waals surface area contributed by atoms with Gasteiger partial charge in [-0.3, -0.25) is 4.79 Å². The Morgan fingerprint density at radius 1 is 1.36 bits per heavy atom. The molecule has 2 rings (SSSR count). The largest absolute Gasteiger partial charge is 0.508 e. The van der Waals surface area contributed by atoms with E-state index in [4.69, 9.17) is 4.74 Å². The fraction of sp³-hybridized carbons (Fsp3) is 0.529. The molecule has 0 bridgehead atoms. The minimum absolute atomic E-state index is 0.0387. The van der Waals surface area contributed by atoms with Gasteiger partial charge in [-0.15, -0.1) is 0 Å². The van der Waals surface area contributed by atoms with E-state index in [-0.39, 0.29) is 28.9 Å². The van der Waals surface area contributed by atoms with Gasteiger partial charge in [0.1, 0.15) is 5.75 Å². The van der Waals surface area contributed by atoms with Gasteiger partial charge in [0, 0.05) is 12.6 Å². The predicted octanol–water partition coefficient (Wildman–Crippen LogP) is 1.36. The van der Waals surface area contributed by atoms with Crippen LogP contribution >= 0.6 is 0 Å². The average molecular weight is 369 g/mol. The summed E-state index contributed by atoms with van der Waals surface area (Å²) in [6, 6.07) is 5.30. The van der Waals surface area contributed by atoms with E-state index in [0.29, 0.717) is 13.0 Å². The number of esters is 1. The van der Waals surface area contributed by atoms with E-state index in [1.807, 2.05) is 6.92 Å². The number of ether oxygens (including phenoxy) is 1. The van der Waals surface area contributed by atoms with Crippen LogP contribution in [0.5, 0.6) is 5.75 Å². The maximum atomic E-state index is 12.5. The van der Waals surface area contributed by atoms with Gasteiger partial charge in [-0.25, -0.2) is 13.2 Å². The number of aromatic hydroxyl groups is 1. The molecule has 0 aromatic heterocycles. The lowest BCUT2D eigenvalue weighted by Gasteiger charge is -2.28. The van der Waals surface area contributed by atoms with Crippen LogP contribution in [0.2, 0.25) is 0 Å². The van der Waals surface area contributed by atoms with Gasteiger partial charge in [0.25, 0.3) is 5.91 Å². The molecule has 0 aliphatic carbocycles. The summed E-state index contributed by atoms with van der Waals surface area (Å²) < 4.78 is 28.4. The number of rotatable bonds is 7. The van der Waals surface area contributed by atoms with Crippen LogP contribution < -0.4 is 0 Å². The SMILES string of the molecule is CCCCN(C(=O)COC(=O)c1cccc(O)c1)[C@@H]1CCS(=O)(=O)C1. The zero-order chi connectivity index (χ0) is 18.4. The lowest BCUT2D eigenvalue weighted by molar-refractivity contribution is -0.136. The molecule has 1 aromatic rings. The first-order valence-corrected chi connectivity index (χ1v) is 10.1. The summed E-state index contributed by atoms with van der Waals surface area (Å²) in [6.07, 6.45) is 2.04. The fourth-order valence-electron chi connectivity index (χ4n) is 2.79. The van der Waals surface area contributed by atoms with Crippen molar-refractivity contribution in [3.05, 3.63) is 29.8 Å². The van der Waals surface area contributed by atoms with Crippen molar-refractivity contribution < 1.29 is 27.9 Å². The summed E-state index contributed by atoms with van der Waals surface area (Å²) in [5.74, 6) is -1.14. The summed E-state index contributed by atoms with van der Waals surface area (Å²) in [5.41, 5.74) is 0.149. The van der Waals surface area contributed by atoms with Crippen LogP contribution in [0.1, 0.15) is 36.5 Å². The summed E-state index contributed by atoms with van der Waals surface area (Å²) in [5, 5.41) is 9.38. The monoisotopic (exact) mass is 369 g/mol. The Balaban J connectivity index is 1.98. The number of phenolic OH excluding ortho intramolecular Hbond substituents is 1. The van der Waals surface area contributed by atoms with Crippen LogP contribution in [-0.2, 0) is 19.4 Å². The van der Waals surface area contributed by atoms with Crippen molar-refractivity contribution in [1.29, 1.82) is 0 Å². The minimum Gasteiger partial charge on any atom is -0.508 e. The molecule has 1 aliphatic rings. The lowest BCUT2D eigenvalue weighted by Crippen LogP contribution is -2.43. The Morgan fingerprint density at radius 3 is 2.72 bits per heavy atom. The number of phenols is 1. The summed E-state index contributed by atoms with van der Waals surface area (Å²) in [4.78, 5) is 25.9. The van der Waals surface area contributed by atoms with Gasteiger partial charge in [-0.1, -0.05) is 19.4 Å². The Bertz CT molecular complexity index is 730. The highest BCUT2D eigenvalue weighted by atomic mass is 32.2. The third-order valence-electron chi connectivity index (χ3n) is 4.13. The van der Waals surface area contributed by atoms with Crippen molar-refractivity contribution in [3.63, 3.8) is 0 Å². The molecule has 0 saturated carbocycles. The second-order valence-electron chi connectivity index (χ2n) is 6.12. The van der Waals surface area contributed by atoms with Crippen LogP contribution in [0.25, 0.3) is 0 Å². The molecule has 7 nitrogen and oxygen atoms in total. The summed E-state index contributed by atoms with van der Waals surface area (Å²) in [7, 11) is -3.11. The molecule has 0 spiro atoms. The van der Waals surface area contributed by atoms with E-state index in [1.165, 1.54) is 29.2 Å². The minimum atomic E-state index is -3.11. The zero-order valence-corrected chi connectivity index (χ0v) is 15.0. The molecule has 1 amide bonds. The second kappa shape index (κ2) is 8.33. The van der Waals surface area contributed by atoms with Crippen molar-refractivity contribution in [2.75, 3.05) is 24.7 Å². The highest BCUT2D eigenvalue weighted by Gasteiger charge is 2.34. The smallest absolute Gasteiger partial charge is 0.338 e. The van der Waals surface area contributed by atoms with Crippen molar-refractivity contribution in [1.82, 2.24) is 4.90 Å². The zero-order valence-electron chi connectivity index (χ0n) is 14.2. The molecule has 138 valence electrons. The lowest BCUT2D eigenvalue weighted by atomic mass is 10.2. The summed E-state index contributed by atoms with van der Waals surface area (Å²) in [6.45, 7) is 1.98. The number of carbonyl (C=O) groups is 2. The van der Waals surface area contributed by atoms with E-state index in [2.05, 4.69) is 0 Å². The predicted molar refractivity (Wildman–Crippen MR) is 92.1 cm³/mol. The Morgan fingerprint density at radius 2 is 2.12 bits per heavy atom. The average Bonchev–Trinajstić information content (AvgIpc) is 2.92. The standard InChI is InChI=1S/C17H23NO6S/c1-2-3-8-18(14-7-9-25(22,23)12-14)16(20)11-24-17(21)13-5-4-6-15(19)10-13/h4-6,10,14,19H,2-3,7-9,11-12H2,1H3/t14-/m1/s1. The van der Waals surface area contributed by atoms with Gasteiger partial charge < -0.3 is 14.7 Å². The van der Waals surface area contributed by atoms with Gasteiger partial charge in [-0.05, 0) is 31.0 Å². The van der Waals surface area contributed by atoms with Gasteiger partial charge in [0.05, 0.1) is 17.1 Å². The third kappa shape index (κ3) is 5.45. The van der Waals surface area contributed by atoms with Crippen LogP contribution in [0.4, 0.5) is 0 Å². The number of benzene rings is 1. The second-order valence-corrected chi connectivity index (χ2v) is 8.35. The first-order valence-electron chi connectivity index (χ1n) is 8.28. The molecule has 0 radical (unpaired) electrons. The highest BCUT2D eigenvalue weighted by molar-refractivity contribution is 7.91. The molecular formula is C17H23NO6S. The van der Waals surface area contributed by atoms with E-state index < -0.39 is 28.3 Å². The number of hydrogen-bond acceptors (Lipinski definition) is 6. The number of nitrogens with zero attached hydrogens (tertiary/aromatic N) is 1. The van der Waals surface area contributed by atoms with Crippen molar-refractivity contribution >= 4 is 21.7 Å². The number of carbonyl (C=O) groups excluding carboxylic acids is 2. The molecule has 1 atom stereocenters. The van der Waals surface area contributed by atoms with Crippen LogP contribution in [0.3, 0.4) is 0 Å². The van der Waals surface area contributed by atoms with Crippen molar-refractivity contribution in [2.45, 2.75) is 32.2 Å². The number of hydrogen-bond donors (Lipinski definition) is 1. The number of amides is 1. The first-order chi connectivity index (χ1) is 11.8. The molecule has 1 heterocycles. The van der Waals surface area contributed by atoms with Crippen molar-refractivity contribution in [3.8, 4) is 5.75 Å². The van der Waals surface area contributed by atoms with Crippen LogP contribution in [-0.4, -0.2) is 61.0 Å². The number of unbranched alkanes of at least 4 members (excludes halogenated alkanes) is 1. The van der Waals surface area contributed by atoms with Gasteiger partial charge in [0.15, 0.2) is 16.4 Å². The van der Waals surface area contributed by atoms with Crippen LogP contribution in [0.15, 0.2) is 24.3 Å². The Kier molecular flexibility index (Phi) is 6.41. The Hall–Kier alpha value is -2.09. The molecule has 1 fully saturated rings. The van der Waals surface area contributed by atoms with Crippen molar-refractivity contribution in [2.24, 2.45) is 0 Å². The molecular weight excluding hydrogens is 346 g/mol. The van der Waals surface area contributed by atoms with E-state index in [9.17, 15) is 23.1 Å². The topological polar surface area (TPSA) is 101 Å². The molecule has 1 aromatic carbocycles. The highest BCUT2D eigenvalue weighted by Crippen LogP contribution is 2.19. The summed E-state index contributed by atoms with van der Waals surface area (Å²) >= 11 is 0. The van der Waals surface area contributed by atoms with E-state index in [1.54, 1.807) is 0 Å². The molecule has 1 N–H and O–H groups in total.